The first-order chi connectivity index (χ1) is 13.5. The molecular formula is C20H19FN4OS2. The third kappa shape index (κ3) is 4.90. The Kier molecular flexibility index (Phi) is 6.33. The van der Waals surface area contributed by atoms with Gasteiger partial charge < -0.3 is 5.32 Å². The van der Waals surface area contributed by atoms with E-state index in [2.05, 4.69) is 40.2 Å². The maximum atomic E-state index is 13.6. The van der Waals surface area contributed by atoms with Crippen molar-refractivity contribution in [3.8, 4) is 10.6 Å². The normalized spacial score (nSPS) is 10.4. The number of hydrazine groups is 1. The minimum Gasteiger partial charge on any atom is -0.331 e. The average Bonchev–Trinajstić information content (AvgIpc) is 3.19. The summed E-state index contributed by atoms with van der Waals surface area (Å²) in [5.41, 5.74) is 8.61. The number of thiazole rings is 1. The lowest BCUT2D eigenvalue weighted by Gasteiger charge is -2.11. The monoisotopic (exact) mass is 414 g/mol. The topological polar surface area (TPSA) is 66.0 Å². The predicted molar refractivity (Wildman–Crippen MR) is 115 cm³/mol. The van der Waals surface area contributed by atoms with E-state index in [1.54, 1.807) is 24.4 Å². The Bertz CT molecular complexity index is 1000. The van der Waals surface area contributed by atoms with Crippen molar-refractivity contribution in [3.63, 3.8) is 0 Å². The van der Waals surface area contributed by atoms with Crippen molar-refractivity contribution in [2.24, 2.45) is 0 Å². The number of nitrogens with zero attached hydrogens (tertiary/aromatic N) is 1. The number of amides is 1. The number of aromatic nitrogens is 1. The SMILES string of the molecule is CCc1ccc(-c2nc(C(=O)NNC(=S)Nc3ccc(C)c(F)c3)cs2)cc1. The molecule has 0 atom stereocenters. The Morgan fingerprint density at radius 1 is 1.18 bits per heavy atom. The van der Waals surface area contributed by atoms with E-state index in [1.807, 2.05) is 12.1 Å². The van der Waals surface area contributed by atoms with Gasteiger partial charge in [0.1, 0.15) is 16.5 Å². The van der Waals surface area contributed by atoms with Gasteiger partial charge in [-0.2, -0.15) is 0 Å². The number of thiocarbonyl (C=S) groups is 1. The maximum Gasteiger partial charge on any atom is 0.289 e. The van der Waals surface area contributed by atoms with Gasteiger partial charge in [0.05, 0.1) is 0 Å². The second kappa shape index (κ2) is 8.90. The van der Waals surface area contributed by atoms with Gasteiger partial charge in [-0.05, 0) is 48.8 Å². The van der Waals surface area contributed by atoms with Crippen molar-refractivity contribution in [1.82, 2.24) is 15.8 Å². The first-order valence-electron chi connectivity index (χ1n) is 8.64. The highest BCUT2D eigenvalue weighted by Gasteiger charge is 2.12. The molecule has 28 heavy (non-hydrogen) atoms. The summed E-state index contributed by atoms with van der Waals surface area (Å²) in [6, 6.07) is 12.8. The maximum absolute atomic E-state index is 13.6. The molecular weight excluding hydrogens is 395 g/mol. The second-order valence-corrected chi connectivity index (χ2v) is 7.35. The summed E-state index contributed by atoms with van der Waals surface area (Å²) in [6.07, 6.45) is 0.973. The van der Waals surface area contributed by atoms with Crippen molar-refractivity contribution in [2.75, 3.05) is 5.32 Å². The molecule has 144 valence electrons. The van der Waals surface area contributed by atoms with Gasteiger partial charge in [-0.1, -0.05) is 37.3 Å². The van der Waals surface area contributed by atoms with Crippen LogP contribution in [0.15, 0.2) is 47.8 Å². The van der Waals surface area contributed by atoms with Gasteiger partial charge in [0.25, 0.3) is 5.91 Å². The van der Waals surface area contributed by atoms with Crippen molar-refractivity contribution in [2.45, 2.75) is 20.3 Å². The molecule has 1 aromatic heterocycles. The minimum atomic E-state index is -0.410. The summed E-state index contributed by atoms with van der Waals surface area (Å²) < 4.78 is 13.6. The van der Waals surface area contributed by atoms with E-state index in [-0.39, 0.29) is 16.6 Å². The Morgan fingerprint density at radius 3 is 2.61 bits per heavy atom. The zero-order valence-corrected chi connectivity index (χ0v) is 17.0. The molecule has 0 spiro atoms. The number of carbonyl (C=O) groups excluding carboxylic acids is 1. The van der Waals surface area contributed by atoms with Gasteiger partial charge in [-0.25, -0.2) is 9.37 Å². The largest absolute Gasteiger partial charge is 0.331 e. The summed E-state index contributed by atoms with van der Waals surface area (Å²) in [5.74, 6) is -0.745. The van der Waals surface area contributed by atoms with Gasteiger partial charge in [0.15, 0.2) is 5.11 Å². The van der Waals surface area contributed by atoms with Crippen LogP contribution in [0.1, 0.15) is 28.5 Å². The Morgan fingerprint density at radius 2 is 1.93 bits per heavy atom. The van der Waals surface area contributed by atoms with Crippen LogP contribution in [0.2, 0.25) is 0 Å². The molecule has 5 nitrogen and oxygen atoms in total. The number of nitrogens with one attached hydrogen (secondary N) is 3. The van der Waals surface area contributed by atoms with Gasteiger partial charge in [0.2, 0.25) is 0 Å². The van der Waals surface area contributed by atoms with E-state index in [0.29, 0.717) is 11.3 Å². The predicted octanol–water partition coefficient (Wildman–Crippen LogP) is 4.45. The van der Waals surface area contributed by atoms with Crippen LogP contribution in [0.3, 0.4) is 0 Å². The number of hydrogen-bond donors (Lipinski definition) is 3. The standard InChI is InChI=1S/C20H19FN4OS2/c1-3-13-5-7-14(8-6-13)19-23-17(11-28-19)18(26)24-25-20(27)22-15-9-4-12(2)16(21)10-15/h4-11H,3H2,1-2H3,(H,24,26)(H2,22,25,27). The molecule has 0 bridgehead atoms. The molecule has 8 heteroatoms. The fraction of sp³-hybridized carbons (Fsp3) is 0.150. The first kappa shape index (κ1) is 19.9. The number of benzene rings is 2. The van der Waals surface area contributed by atoms with E-state index in [1.165, 1.54) is 23.0 Å². The highest BCUT2D eigenvalue weighted by Crippen LogP contribution is 2.24. The molecule has 3 rings (SSSR count). The van der Waals surface area contributed by atoms with Crippen LogP contribution in [0.5, 0.6) is 0 Å². The summed E-state index contributed by atoms with van der Waals surface area (Å²) >= 11 is 6.50. The van der Waals surface area contributed by atoms with Crippen LogP contribution in [-0.4, -0.2) is 16.0 Å². The molecule has 0 unspecified atom stereocenters. The van der Waals surface area contributed by atoms with Crippen LogP contribution in [0.4, 0.5) is 10.1 Å². The van der Waals surface area contributed by atoms with Crippen molar-refractivity contribution < 1.29 is 9.18 Å². The van der Waals surface area contributed by atoms with Crippen LogP contribution in [0.25, 0.3) is 10.6 Å². The molecule has 0 saturated carbocycles. The number of rotatable bonds is 4. The summed E-state index contributed by atoms with van der Waals surface area (Å²) in [7, 11) is 0. The number of hydrogen-bond acceptors (Lipinski definition) is 4. The van der Waals surface area contributed by atoms with Gasteiger partial charge in [0, 0.05) is 16.6 Å². The summed E-state index contributed by atoms with van der Waals surface area (Å²) in [6.45, 7) is 3.78. The molecule has 0 aliphatic rings. The number of anilines is 1. The highest BCUT2D eigenvalue weighted by atomic mass is 32.1. The van der Waals surface area contributed by atoms with E-state index >= 15 is 0 Å². The molecule has 0 aliphatic carbocycles. The van der Waals surface area contributed by atoms with Crippen molar-refractivity contribution >= 4 is 40.3 Å². The van der Waals surface area contributed by atoms with Gasteiger partial charge in [-0.15, -0.1) is 11.3 Å². The fourth-order valence-corrected chi connectivity index (χ4v) is 3.38. The molecule has 1 heterocycles. The molecule has 0 aliphatic heterocycles. The van der Waals surface area contributed by atoms with Crippen molar-refractivity contribution in [1.29, 1.82) is 0 Å². The van der Waals surface area contributed by atoms with Crippen LogP contribution >= 0.6 is 23.6 Å². The second-order valence-electron chi connectivity index (χ2n) is 6.09. The Balaban J connectivity index is 1.56. The van der Waals surface area contributed by atoms with Crippen LogP contribution in [0, 0.1) is 12.7 Å². The Hall–Kier alpha value is -2.84. The molecule has 2 aromatic carbocycles. The minimum absolute atomic E-state index is 0.141. The first-order valence-corrected chi connectivity index (χ1v) is 9.93. The zero-order chi connectivity index (χ0) is 20.1. The molecule has 0 saturated heterocycles. The lowest BCUT2D eigenvalue weighted by molar-refractivity contribution is 0.0940. The molecule has 0 fully saturated rings. The van der Waals surface area contributed by atoms with E-state index in [9.17, 15) is 9.18 Å². The van der Waals surface area contributed by atoms with E-state index in [0.717, 1.165) is 17.0 Å². The fourth-order valence-electron chi connectivity index (χ4n) is 2.40. The summed E-state index contributed by atoms with van der Waals surface area (Å²) in [4.78, 5) is 16.6. The average molecular weight is 415 g/mol. The highest BCUT2D eigenvalue weighted by molar-refractivity contribution is 7.80. The van der Waals surface area contributed by atoms with Crippen molar-refractivity contribution in [3.05, 3.63) is 70.5 Å². The number of aryl methyl sites for hydroxylation is 2. The third-order valence-corrected chi connectivity index (χ3v) is 5.16. The van der Waals surface area contributed by atoms with Gasteiger partial charge in [-0.3, -0.25) is 15.6 Å². The molecule has 3 aromatic rings. The van der Waals surface area contributed by atoms with E-state index < -0.39 is 5.91 Å². The number of carbonyl (C=O) groups is 1. The lowest BCUT2D eigenvalue weighted by atomic mass is 10.1. The Labute approximate surface area is 172 Å². The molecule has 1 amide bonds. The van der Waals surface area contributed by atoms with Crippen LogP contribution < -0.4 is 16.2 Å². The van der Waals surface area contributed by atoms with Gasteiger partial charge >= 0.3 is 0 Å². The third-order valence-electron chi connectivity index (χ3n) is 4.07. The molecule has 3 N–H and O–H groups in total. The smallest absolute Gasteiger partial charge is 0.289 e. The summed E-state index contributed by atoms with van der Waals surface area (Å²) in [5, 5.41) is 5.40. The zero-order valence-electron chi connectivity index (χ0n) is 15.4. The quantitative estimate of drug-likeness (QED) is 0.435. The van der Waals surface area contributed by atoms with Crippen LogP contribution in [-0.2, 0) is 6.42 Å². The lowest BCUT2D eigenvalue weighted by Crippen LogP contribution is -2.43. The molecule has 0 radical (unpaired) electrons. The van der Waals surface area contributed by atoms with E-state index in [4.69, 9.17) is 12.2 Å². The number of halogens is 1.